The average molecular weight is 289 g/mol. The van der Waals surface area contributed by atoms with E-state index in [-0.39, 0.29) is 0 Å². The van der Waals surface area contributed by atoms with Crippen LogP contribution in [0.25, 0.3) is 20.8 Å². The predicted octanol–water partition coefficient (Wildman–Crippen LogP) is 3.92. The molecule has 0 bridgehead atoms. The average Bonchev–Trinajstić information content (AvgIpc) is 3.06. The Morgan fingerprint density at radius 1 is 1.32 bits per heavy atom. The summed E-state index contributed by atoms with van der Waals surface area (Å²) in [6.07, 6.45) is 3.06. The molecule has 0 saturated carbocycles. The van der Waals surface area contributed by atoms with Gasteiger partial charge in [0.1, 0.15) is 5.01 Å². The summed E-state index contributed by atoms with van der Waals surface area (Å²) in [5, 5.41) is 8.62. The molecule has 3 rings (SSSR count). The summed E-state index contributed by atoms with van der Waals surface area (Å²) in [4.78, 5) is 9.13. The first-order valence-electron chi connectivity index (χ1n) is 6.35. The SMILES string of the molecule is CCCNCc1csc(-c2cnc3ccsc3c2)n1. The van der Waals surface area contributed by atoms with Gasteiger partial charge in [0.05, 0.1) is 15.9 Å². The Labute approximate surface area is 120 Å². The molecule has 3 aromatic heterocycles. The van der Waals surface area contributed by atoms with Crippen LogP contribution < -0.4 is 5.32 Å². The molecule has 0 aliphatic carbocycles. The molecule has 3 nitrogen and oxygen atoms in total. The van der Waals surface area contributed by atoms with Gasteiger partial charge in [-0.1, -0.05) is 6.92 Å². The van der Waals surface area contributed by atoms with Crippen LogP contribution in [0.3, 0.4) is 0 Å². The number of aromatic nitrogens is 2. The van der Waals surface area contributed by atoms with Crippen LogP contribution in [0, 0.1) is 0 Å². The van der Waals surface area contributed by atoms with Crippen molar-refractivity contribution in [2.24, 2.45) is 0 Å². The molecule has 3 aromatic rings. The van der Waals surface area contributed by atoms with E-state index < -0.39 is 0 Å². The maximum atomic E-state index is 4.66. The molecule has 0 radical (unpaired) electrons. The minimum Gasteiger partial charge on any atom is -0.311 e. The van der Waals surface area contributed by atoms with Crippen molar-refractivity contribution in [3.63, 3.8) is 0 Å². The molecular formula is C14H15N3S2. The molecule has 1 N–H and O–H groups in total. The van der Waals surface area contributed by atoms with E-state index >= 15 is 0 Å². The van der Waals surface area contributed by atoms with E-state index in [0.717, 1.165) is 41.3 Å². The topological polar surface area (TPSA) is 37.8 Å². The van der Waals surface area contributed by atoms with E-state index in [2.05, 4.69) is 39.0 Å². The maximum Gasteiger partial charge on any atom is 0.125 e. The fraction of sp³-hybridized carbons (Fsp3) is 0.286. The molecule has 0 saturated heterocycles. The van der Waals surface area contributed by atoms with Gasteiger partial charge in [-0.3, -0.25) is 4.98 Å². The first-order valence-corrected chi connectivity index (χ1v) is 8.11. The van der Waals surface area contributed by atoms with Crippen molar-refractivity contribution in [1.82, 2.24) is 15.3 Å². The van der Waals surface area contributed by atoms with Gasteiger partial charge >= 0.3 is 0 Å². The Kier molecular flexibility index (Phi) is 3.87. The maximum absolute atomic E-state index is 4.66. The van der Waals surface area contributed by atoms with Gasteiger partial charge in [-0.15, -0.1) is 22.7 Å². The van der Waals surface area contributed by atoms with Gasteiger partial charge in [0.2, 0.25) is 0 Å². The second kappa shape index (κ2) is 5.77. The lowest BCUT2D eigenvalue weighted by atomic mass is 10.3. The summed E-state index contributed by atoms with van der Waals surface area (Å²) < 4.78 is 1.22. The molecule has 5 heteroatoms. The third-order valence-corrected chi connectivity index (χ3v) is 4.63. The van der Waals surface area contributed by atoms with E-state index in [1.807, 2.05) is 12.3 Å². The Morgan fingerprint density at radius 3 is 3.16 bits per heavy atom. The van der Waals surface area contributed by atoms with Crippen molar-refractivity contribution in [2.75, 3.05) is 6.54 Å². The van der Waals surface area contributed by atoms with Crippen LogP contribution in [0.4, 0.5) is 0 Å². The van der Waals surface area contributed by atoms with Gasteiger partial charge in [0.15, 0.2) is 0 Å². The van der Waals surface area contributed by atoms with Crippen molar-refractivity contribution in [2.45, 2.75) is 19.9 Å². The monoisotopic (exact) mass is 289 g/mol. The zero-order chi connectivity index (χ0) is 13.1. The number of rotatable bonds is 5. The van der Waals surface area contributed by atoms with Gasteiger partial charge in [-0.2, -0.15) is 0 Å². The van der Waals surface area contributed by atoms with Gasteiger partial charge in [-0.25, -0.2) is 4.98 Å². The second-order valence-corrected chi connectivity index (χ2v) is 6.15. The lowest BCUT2D eigenvalue weighted by Gasteiger charge is -1.99. The fourth-order valence-corrected chi connectivity index (χ4v) is 3.46. The Bertz CT molecular complexity index is 672. The first kappa shape index (κ1) is 12.7. The molecule has 0 aromatic carbocycles. The van der Waals surface area contributed by atoms with Crippen LogP contribution in [0.5, 0.6) is 0 Å². The second-order valence-electron chi connectivity index (χ2n) is 4.35. The Hall–Kier alpha value is -1.30. The number of fused-ring (bicyclic) bond motifs is 1. The third kappa shape index (κ3) is 2.83. The van der Waals surface area contributed by atoms with Crippen LogP contribution in [-0.2, 0) is 6.54 Å². The van der Waals surface area contributed by atoms with Crippen molar-refractivity contribution in [3.05, 3.63) is 34.8 Å². The minimum absolute atomic E-state index is 0.846. The van der Waals surface area contributed by atoms with Crippen LogP contribution in [0.1, 0.15) is 19.0 Å². The Balaban J connectivity index is 1.81. The summed E-state index contributed by atoms with van der Waals surface area (Å²) in [6.45, 7) is 4.05. The quantitative estimate of drug-likeness (QED) is 0.723. The van der Waals surface area contributed by atoms with Crippen molar-refractivity contribution >= 4 is 32.9 Å². The predicted molar refractivity (Wildman–Crippen MR) is 82.7 cm³/mol. The fourth-order valence-electron chi connectivity index (χ4n) is 1.88. The summed E-state index contributed by atoms with van der Waals surface area (Å²) in [6, 6.07) is 4.22. The first-order chi connectivity index (χ1) is 9.36. The number of pyridine rings is 1. The molecule has 0 fully saturated rings. The van der Waals surface area contributed by atoms with E-state index in [1.54, 1.807) is 22.7 Å². The number of hydrogen-bond donors (Lipinski definition) is 1. The molecular weight excluding hydrogens is 274 g/mol. The molecule has 0 aliphatic rings. The molecule has 98 valence electrons. The largest absolute Gasteiger partial charge is 0.311 e. The molecule has 3 heterocycles. The summed E-state index contributed by atoms with van der Waals surface area (Å²) >= 11 is 3.41. The molecule has 19 heavy (non-hydrogen) atoms. The summed E-state index contributed by atoms with van der Waals surface area (Å²) in [7, 11) is 0. The summed E-state index contributed by atoms with van der Waals surface area (Å²) in [5.74, 6) is 0. The van der Waals surface area contributed by atoms with Crippen LogP contribution in [0.2, 0.25) is 0 Å². The Morgan fingerprint density at radius 2 is 2.26 bits per heavy atom. The standard InChI is InChI=1S/C14H15N3S2/c1-2-4-15-8-11-9-19-14(17-11)10-6-13-12(16-7-10)3-5-18-13/h3,5-7,9,15H,2,4,8H2,1H3. The zero-order valence-electron chi connectivity index (χ0n) is 10.7. The highest BCUT2D eigenvalue weighted by Crippen LogP contribution is 2.28. The van der Waals surface area contributed by atoms with Crippen molar-refractivity contribution in [1.29, 1.82) is 0 Å². The summed E-state index contributed by atoms with van der Waals surface area (Å²) in [5.41, 5.74) is 3.29. The lowest BCUT2D eigenvalue weighted by Crippen LogP contribution is -2.13. The highest BCUT2D eigenvalue weighted by atomic mass is 32.1. The number of nitrogens with one attached hydrogen (secondary N) is 1. The number of hydrogen-bond acceptors (Lipinski definition) is 5. The number of thiazole rings is 1. The molecule has 0 atom stereocenters. The molecule has 0 amide bonds. The molecule has 0 unspecified atom stereocenters. The lowest BCUT2D eigenvalue weighted by molar-refractivity contribution is 0.667. The van der Waals surface area contributed by atoms with Gasteiger partial charge < -0.3 is 5.32 Å². The minimum atomic E-state index is 0.846. The molecule has 0 aliphatic heterocycles. The molecule has 0 spiro atoms. The third-order valence-electron chi connectivity index (χ3n) is 2.83. The van der Waals surface area contributed by atoms with Gasteiger partial charge in [0.25, 0.3) is 0 Å². The van der Waals surface area contributed by atoms with Crippen molar-refractivity contribution in [3.8, 4) is 10.6 Å². The van der Waals surface area contributed by atoms with E-state index in [4.69, 9.17) is 0 Å². The highest BCUT2D eigenvalue weighted by Gasteiger charge is 2.06. The van der Waals surface area contributed by atoms with E-state index in [9.17, 15) is 0 Å². The van der Waals surface area contributed by atoms with Gasteiger partial charge in [0, 0.05) is 23.7 Å². The smallest absolute Gasteiger partial charge is 0.125 e. The number of thiophene rings is 1. The van der Waals surface area contributed by atoms with Crippen LogP contribution in [-0.4, -0.2) is 16.5 Å². The number of nitrogens with zero attached hydrogens (tertiary/aromatic N) is 2. The normalized spacial score (nSPS) is 11.2. The van der Waals surface area contributed by atoms with Crippen LogP contribution >= 0.6 is 22.7 Å². The zero-order valence-corrected chi connectivity index (χ0v) is 12.4. The highest BCUT2D eigenvalue weighted by molar-refractivity contribution is 7.17. The van der Waals surface area contributed by atoms with E-state index in [0.29, 0.717) is 0 Å². The van der Waals surface area contributed by atoms with Crippen molar-refractivity contribution < 1.29 is 0 Å². The van der Waals surface area contributed by atoms with Gasteiger partial charge in [-0.05, 0) is 30.5 Å². The van der Waals surface area contributed by atoms with E-state index in [1.165, 1.54) is 4.70 Å². The van der Waals surface area contributed by atoms with Crippen LogP contribution in [0.15, 0.2) is 29.1 Å².